The fourth-order valence-corrected chi connectivity index (χ4v) is 6.58. The van der Waals surface area contributed by atoms with Crippen molar-refractivity contribution >= 4 is 79.1 Å². The third kappa shape index (κ3) is 11.3. The summed E-state index contributed by atoms with van der Waals surface area (Å²) in [4.78, 5) is 78.0. The molecule has 1 aliphatic rings. The van der Waals surface area contributed by atoms with Crippen molar-refractivity contribution in [2.45, 2.75) is 70.7 Å². The van der Waals surface area contributed by atoms with Gasteiger partial charge in [-0.15, -0.1) is 0 Å². The number of carbonyl (C=O) groups excluding carboxylic acids is 3. The number of nitrogens with one attached hydrogen (secondary N) is 1. The molecule has 302 valence electrons. The molecular formula is C35H38Cl2N4O14S. The Balaban J connectivity index is 0.000000301. The first-order valence-corrected chi connectivity index (χ1v) is 19.2. The standard InChI is InChI=1S/C14H13NO7S.C13H19N3O4.C8H6Cl2O3/c1-23(21,22)8-5-6-9(10(7-8)15(19)20)14(18)13-11(16)3-2-4-12(13)17;1-5-10(6-2)14-12-11(15(17)18)7-8(3)9(4)13(12)16(19)20;1-13-7-5(10)3-2-4(9)6(7)8(11)12/h5-7,13H,2-4H2,1H3;7,10,14H,5-6H2,1-4H3;2-3H,1H3,(H,11,12). The Hall–Kier alpha value is -5.53. The molecule has 3 aromatic carbocycles. The number of sulfone groups is 1. The number of carboxylic acid groups (broad SMARTS) is 1. The molecule has 0 aromatic heterocycles. The average molecular weight is 842 g/mol. The largest absolute Gasteiger partial charge is 0.494 e. The second-order valence-electron chi connectivity index (χ2n) is 12.3. The summed E-state index contributed by atoms with van der Waals surface area (Å²) in [6.45, 7) is 7.10. The summed E-state index contributed by atoms with van der Waals surface area (Å²) in [5, 5.41) is 45.6. The van der Waals surface area contributed by atoms with E-state index in [0.29, 0.717) is 17.5 Å². The monoisotopic (exact) mass is 840 g/mol. The number of methoxy groups -OCH3 is 1. The van der Waals surface area contributed by atoms with Crippen LogP contribution in [-0.2, 0) is 19.4 Å². The molecule has 21 heteroatoms. The van der Waals surface area contributed by atoms with Crippen LogP contribution in [0.4, 0.5) is 22.7 Å². The zero-order valence-corrected chi connectivity index (χ0v) is 33.2. The van der Waals surface area contributed by atoms with E-state index in [9.17, 15) is 57.9 Å². The number of hydrogen-bond acceptors (Lipinski definition) is 14. The fraction of sp³-hybridized carbons (Fsp3) is 0.371. The Morgan fingerprint density at radius 2 is 1.45 bits per heavy atom. The number of benzene rings is 3. The van der Waals surface area contributed by atoms with Gasteiger partial charge in [-0.2, -0.15) is 0 Å². The Labute approximate surface area is 330 Å². The summed E-state index contributed by atoms with van der Waals surface area (Å²) in [5.74, 6) is -4.69. The number of hydrogen-bond donors (Lipinski definition) is 2. The molecule has 4 rings (SSSR count). The lowest BCUT2D eigenvalue weighted by atomic mass is 9.81. The summed E-state index contributed by atoms with van der Waals surface area (Å²) >= 11 is 11.4. The average Bonchev–Trinajstić information content (AvgIpc) is 3.11. The summed E-state index contributed by atoms with van der Waals surface area (Å²) in [7, 11) is -2.36. The van der Waals surface area contributed by atoms with E-state index in [2.05, 4.69) is 5.32 Å². The van der Waals surface area contributed by atoms with Crippen molar-refractivity contribution in [2.24, 2.45) is 5.92 Å². The van der Waals surface area contributed by atoms with E-state index in [4.69, 9.17) is 33.0 Å². The third-order valence-electron chi connectivity index (χ3n) is 8.59. The number of rotatable bonds is 12. The van der Waals surface area contributed by atoms with Crippen molar-refractivity contribution in [3.8, 4) is 5.75 Å². The van der Waals surface area contributed by atoms with Gasteiger partial charge < -0.3 is 15.2 Å². The molecule has 0 saturated heterocycles. The number of nitro benzene ring substituents is 3. The predicted molar refractivity (Wildman–Crippen MR) is 205 cm³/mol. The molecule has 0 spiro atoms. The van der Waals surface area contributed by atoms with Crippen LogP contribution < -0.4 is 10.1 Å². The van der Waals surface area contributed by atoms with Crippen LogP contribution in [0.25, 0.3) is 0 Å². The molecule has 2 N–H and O–H groups in total. The molecule has 0 amide bonds. The van der Waals surface area contributed by atoms with Crippen molar-refractivity contribution in [1.82, 2.24) is 0 Å². The molecule has 0 bridgehead atoms. The molecule has 0 aliphatic heterocycles. The van der Waals surface area contributed by atoms with Gasteiger partial charge >= 0.3 is 11.7 Å². The van der Waals surface area contributed by atoms with Crippen LogP contribution in [0.15, 0.2) is 41.3 Å². The zero-order valence-electron chi connectivity index (χ0n) is 30.9. The third-order valence-corrected chi connectivity index (χ3v) is 10.3. The summed E-state index contributed by atoms with van der Waals surface area (Å²) in [5.41, 5.74) is -0.726. The van der Waals surface area contributed by atoms with E-state index in [-0.39, 0.29) is 62.2 Å². The fourth-order valence-electron chi connectivity index (χ4n) is 5.48. The number of nitrogens with zero attached hydrogens (tertiary/aromatic N) is 3. The predicted octanol–water partition coefficient (Wildman–Crippen LogP) is 7.54. The van der Waals surface area contributed by atoms with E-state index in [1.165, 1.54) is 25.3 Å². The van der Waals surface area contributed by atoms with Gasteiger partial charge in [-0.25, -0.2) is 13.2 Å². The van der Waals surface area contributed by atoms with Gasteiger partial charge in [0.1, 0.15) is 11.5 Å². The van der Waals surface area contributed by atoms with Gasteiger partial charge in [-0.3, -0.25) is 44.7 Å². The molecule has 56 heavy (non-hydrogen) atoms. The summed E-state index contributed by atoms with van der Waals surface area (Å²) < 4.78 is 27.8. The number of anilines is 1. The number of carboxylic acids is 1. The van der Waals surface area contributed by atoms with Crippen LogP contribution in [0.1, 0.15) is 77.8 Å². The van der Waals surface area contributed by atoms with Gasteiger partial charge in [0.15, 0.2) is 38.6 Å². The van der Waals surface area contributed by atoms with Gasteiger partial charge in [-0.1, -0.05) is 37.0 Å². The summed E-state index contributed by atoms with van der Waals surface area (Å²) in [6, 6.07) is 7.03. The molecule has 18 nitrogen and oxygen atoms in total. The van der Waals surface area contributed by atoms with Crippen LogP contribution in [0, 0.1) is 50.1 Å². The molecule has 1 saturated carbocycles. The second kappa shape index (κ2) is 19.9. The number of aromatic carboxylic acids is 1. The smallest absolute Gasteiger partial charge is 0.341 e. The Kier molecular flexibility index (Phi) is 16.5. The number of halogens is 2. The van der Waals surface area contributed by atoms with Gasteiger partial charge in [-0.05, 0) is 62.9 Å². The minimum Gasteiger partial charge on any atom is -0.494 e. The molecule has 1 aliphatic carbocycles. The van der Waals surface area contributed by atoms with Crippen molar-refractivity contribution in [1.29, 1.82) is 0 Å². The van der Waals surface area contributed by atoms with E-state index >= 15 is 0 Å². The lowest BCUT2D eigenvalue weighted by Gasteiger charge is -2.18. The number of nitro groups is 3. The maximum Gasteiger partial charge on any atom is 0.341 e. The van der Waals surface area contributed by atoms with Gasteiger partial charge in [0.05, 0.1) is 42.4 Å². The number of ether oxygens (including phenoxy) is 1. The first kappa shape index (κ1) is 46.6. The van der Waals surface area contributed by atoms with Crippen LogP contribution in [0.2, 0.25) is 10.0 Å². The lowest BCUT2D eigenvalue weighted by molar-refractivity contribution is -0.392. The van der Waals surface area contributed by atoms with Crippen LogP contribution in [0.3, 0.4) is 0 Å². The highest BCUT2D eigenvalue weighted by Gasteiger charge is 2.39. The first-order valence-electron chi connectivity index (χ1n) is 16.6. The molecular weight excluding hydrogens is 803 g/mol. The second-order valence-corrected chi connectivity index (χ2v) is 15.1. The minimum absolute atomic E-state index is 0.0109. The van der Waals surface area contributed by atoms with Crippen molar-refractivity contribution in [2.75, 3.05) is 18.7 Å². The number of ketones is 3. The molecule has 1 fully saturated rings. The van der Waals surface area contributed by atoms with Crippen LogP contribution >= 0.6 is 23.2 Å². The lowest BCUT2D eigenvalue weighted by Crippen LogP contribution is -2.35. The topological polar surface area (TPSA) is 273 Å². The van der Waals surface area contributed by atoms with Crippen molar-refractivity contribution in [3.05, 3.63) is 99.0 Å². The Morgan fingerprint density at radius 1 is 0.911 bits per heavy atom. The van der Waals surface area contributed by atoms with Gasteiger partial charge in [0.2, 0.25) is 0 Å². The van der Waals surface area contributed by atoms with Gasteiger partial charge in [0.25, 0.3) is 11.4 Å². The quantitative estimate of drug-likeness (QED) is 0.0771. The number of Topliss-reactive ketones (excluding diaryl/α,β-unsaturated/α-hetero) is 3. The number of carbonyl (C=O) groups is 4. The number of aryl methyl sites for hydroxylation is 1. The highest BCUT2D eigenvalue weighted by Crippen LogP contribution is 2.40. The molecule has 0 radical (unpaired) electrons. The summed E-state index contributed by atoms with van der Waals surface area (Å²) in [6.07, 6.45) is 2.84. The van der Waals surface area contributed by atoms with E-state index in [1.54, 1.807) is 13.8 Å². The first-order chi connectivity index (χ1) is 26.0. The highest BCUT2D eigenvalue weighted by atomic mass is 35.5. The van der Waals surface area contributed by atoms with Crippen LogP contribution in [0.5, 0.6) is 5.75 Å². The molecule has 0 unspecified atom stereocenters. The maximum absolute atomic E-state index is 12.4. The van der Waals surface area contributed by atoms with E-state index in [1.807, 2.05) is 13.8 Å². The molecule has 0 heterocycles. The SMILES string of the molecule is CCC(CC)Nc1c([N+](=O)[O-])cc(C)c(C)c1[N+](=O)[O-].COc1c(Cl)ccc(Cl)c1C(=O)O.CS(=O)(=O)c1ccc(C(=O)C2C(=O)CCCC2=O)c([N+](=O)[O-])c1. The van der Waals surface area contributed by atoms with Gasteiger partial charge in [0, 0.05) is 42.8 Å². The zero-order chi connectivity index (χ0) is 42.8. The Bertz CT molecular complexity index is 2170. The highest BCUT2D eigenvalue weighted by molar-refractivity contribution is 7.90. The van der Waals surface area contributed by atoms with E-state index in [0.717, 1.165) is 37.3 Å². The normalized spacial score (nSPS) is 12.8. The van der Waals surface area contributed by atoms with Crippen molar-refractivity contribution < 1.29 is 52.2 Å². The maximum atomic E-state index is 12.4. The minimum atomic E-state index is -3.70. The Morgan fingerprint density at radius 3 is 1.88 bits per heavy atom. The van der Waals surface area contributed by atoms with Crippen LogP contribution in [-0.4, -0.2) is 71.0 Å². The van der Waals surface area contributed by atoms with E-state index < -0.39 is 65.1 Å². The molecule has 0 atom stereocenters. The molecule has 3 aromatic rings. The van der Waals surface area contributed by atoms with Crippen molar-refractivity contribution in [3.63, 3.8) is 0 Å².